The Bertz CT molecular complexity index is 988. The van der Waals surface area contributed by atoms with Gasteiger partial charge in [-0.25, -0.2) is 0 Å². The fourth-order valence-electron chi connectivity index (χ4n) is 5.02. The third kappa shape index (κ3) is 2.25. The lowest BCUT2D eigenvalue weighted by atomic mass is 9.74. The van der Waals surface area contributed by atoms with Crippen molar-refractivity contribution >= 4 is 16.7 Å². The number of nitrogens with zero attached hydrogens (tertiary/aromatic N) is 3. The first-order valence-corrected chi connectivity index (χ1v) is 8.78. The predicted molar refractivity (Wildman–Crippen MR) is 93.9 cm³/mol. The Morgan fingerprint density at radius 1 is 0.960 bits per heavy atom. The molecule has 0 saturated heterocycles. The van der Waals surface area contributed by atoms with E-state index < -0.39 is 11.1 Å². The van der Waals surface area contributed by atoms with Gasteiger partial charge in [-0.15, -0.1) is 0 Å². The molecule has 1 aromatic heterocycles. The minimum absolute atomic E-state index is 0.0740. The van der Waals surface area contributed by atoms with Crippen LogP contribution in [0.25, 0.3) is 11.0 Å². The van der Waals surface area contributed by atoms with E-state index in [2.05, 4.69) is 0 Å². The minimum atomic E-state index is -0.671. The van der Waals surface area contributed by atoms with Gasteiger partial charge in [0.2, 0.25) is 0 Å². The number of nitro benzene ring substituents is 1. The van der Waals surface area contributed by atoms with Crippen molar-refractivity contribution in [2.75, 3.05) is 0 Å². The second kappa shape index (κ2) is 5.54. The van der Waals surface area contributed by atoms with Crippen molar-refractivity contribution in [1.29, 1.82) is 0 Å². The second-order valence-electron chi connectivity index (χ2n) is 7.44. The van der Waals surface area contributed by atoms with Gasteiger partial charge in [0, 0.05) is 25.7 Å². The quantitative estimate of drug-likeness (QED) is 0.476. The van der Waals surface area contributed by atoms with E-state index in [1.54, 1.807) is 13.1 Å². The highest BCUT2D eigenvalue weighted by molar-refractivity contribution is 5.80. The molecule has 2 fully saturated rings. The Kier molecular flexibility index (Phi) is 3.56. The zero-order valence-corrected chi connectivity index (χ0v) is 14.4. The molecule has 7 heteroatoms. The number of benzene rings is 1. The van der Waals surface area contributed by atoms with Crippen molar-refractivity contribution in [3.05, 3.63) is 48.5 Å². The van der Waals surface area contributed by atoms with Crippen LogP contribution in [0.4, 0.5) is 5.69 Å². The molecule has 2 bridgehead atoms. The summed E-state index contributed by atoms with van der Waals surface area (Å²) in [5, 5.41) is 11.7. The van der Waals surface area contributed by atoms with Gasteiger partial charge in [-0.05, 0) is 49.5 Å². The molecular weight excluding hydrogens is 322 g/mol. The lowest BCUT2D eigenvalue weighted by Crippen LogP contribution is -2.39. The van der Waals surface area contributed by atoms with E-state index in [1.807, 2.05) is 0 Å². The third-order valence-electron chi connectivity index (χ3n) is 6.27. The standard InChI is InChI=1S/C18H21N3O4/c1-19-14-8-12(16-10-4-3-5-11(16)7-6-10)13(21(24)25)9-15(14)20(2)18(23)17(19)22/h8-11,16H,3-7H2,1-2H3/t10-,11-/m0/s1. The van der Waals surface area contributed by atoms with Gasteiger partial charge >= 0.3 is 11.1 Å². The molecule has 2 saturated carbocycles. The summed E-state index contributed by atoms with van der Waals surface area (Å²) in [6.45, 7) is 0. The summed E-state index contributed by atoms with van der Waals surface area (Å²) in [5.74, 6) is 1.16. The molecule has 2 aromatic rings. The summed E-state index contributed by atoms with van der Waals surface area (Å²) in [4.78, 5) is 35.6. The van der Waals surface area contributed by atoms with Gasteiger partial charge in [0.25, 0.3) is 5.69 Å². The predicted octanol–water partition coefficient (Wildman–Crippen LogP) is 2.44. The number of hydrogen-bond acceptors (Lipinski definition) is 4. The van der Waals surface area contributed by atoms with Crippen LogP contribution < -0.4 is 11.1 Å². The fraction of sp³-hybridized carbons (Fsp3) is 0.556. The van der Waals surface area contributed by atoms with Gasteiger partial charge in [-0.2, -0.15) is 0 Å². The van der Waals surface area contributed by atoms with Gasteiger partial charge in [0.1, 0.15) is 0 Å². The number of rotatable bonds is 2. The smallest absolute Gasteiger partial charge is 0.305 e. The van der Waals surface area contributed by atoms with Crippen LogP contribution in [-0.4, -0.2) is 14.1 Å². The zero-order chi connectivity index (χ0) is 17.9. The normalized spacial score (nSPS) is 25.4. The molecule has 0 radical (unpaired) electrons. The molecule has 2 aliphatic rings. The van der Waals surface area contributed by atoms with E-state index >= 15 is 0 Å². The summed E-state index contributed by atoms with van der Waals surface area (Å²) in [6.07, 6.45) is 5.67. The van der Waals surface area contributed by atoms with E-state index in [0.29, 0.717) is 22.9 Å². The van der Waals surface area contributed by atoms with E-state index in [4.69, 9.17) is 0 Å². The van der Waals surface area contributed by atoms with Crippen LogP contribution in [0.2, 0.25) is 0 Å². The average molecular weight is 343 g/mol. The van der Waals surface area contributed by atoms with Crippen molar-refractivity contribution in [2.24, 2.45) is 25.9 Å². The Balaban J connectivity index is 2.04. The average Bonchev–Trinajstić information content (AvgIpc) is 2.85. The molecule has 0 amide bonds. The Hall–Kier alpha value is -2.44. The van der Waals surface area contributed by atoms with Crippen LogP contribution in [0.1, 0.15) is 43.6 Å². The van der Waals surface area contributed by atoms with Crippen LogP contribution in [0, 0.1) is 22.0 Å². The van der Waals surface area contributed by atoms with Crippen LogP contribution in [0.5, 0.6) is 0 Å². The van der Waals surface area contributed by atoms with Crippen molar-refractivity contribution < 1.29 is 4.92 Å². The summed E-state index contributed by atoms with van der Waals surface area (Å²) < 4.78 is 2.53. The molecule has 132 valence electrons. The van der Waals surface area contributed by atoms with Crippen molar-refractivity contribution in [3.8, 4) is 0 Å². The molecule has 1 aromatic carbocycles. The molecule has 0 spiro atoms. The van der Waals surface area contributed by atoms with Gasteiger partial charge < -0.3 is 9.13 Å². The topological polar surface area (TPSA) is 87.1 Å². The third-order valence-corrected chi connectivity index (χ3v) is 6.27. The first-order chi connectivity index (χ1) is 11.9. The maximum absolute atomic E-state index is 12.1. The monoisotopic (exact) mass is 343 g/mol. The maximum Gasteiger partial charge on any atom is 0.316 e. The zero-order valence-electron chi connectivity index (χ0n) is 14.4. The van der Waals surface area contributed by atoms with Crippen molar-refractivity contribution in [1.82, 2.24) is 9.13 Å². The molecule has 0 aliphatic heterocycles. The van der Waals surface area contributed by atoms with Crippen molar-refractivity contribution in [3.63, 3.8) is 0 Å². The summed E-state index contributed by atoms with van der Waals surface area (Å²) >= 11 is 0. The highest BCUT2D eigenvalue weighted by Gasteiger charge is 2.42. The van der Waals surface area contributed by atoms with E-state index in [1.165, 1.54) is 28.7 Å². The molecule has 7 nitrogen and oxygen atoms in total. The molecule has 0 unspecified atom stereocenters. The Morgan fingerprint density at radius 2 is 1.48 bits per heavy atom. The summed E-state index contributed by atoms with van der Waals surface area (Å²) in [6, 6.07) is 3.26. The first-order valence-electron chi connectivity index (χ1n) is 8.78. The second-order valence-corrected chi connectivity index (χ2v) is 7.44. The van der Waals surface area contributed by atoms with Crippen LogP contribution >= 0.6 is 0 Å². The lowest BCUT2D eigenvalue weighted by Gasteiger charge is -2.30. The number of fused-ring (bicyclic) bond motifs is 3. The molecular formula is C18H21N3O4. The number of hydrogen-bond donors (Lipinski definition) is 0. The number of aromatic nitrogens is 2. The van der Waals surface area contributed by atoms with Gasteiger partial charge in [0.15, 0.2) is 0 Å². The molecule has 0 N–H and O–H groups in total. The number of nitro groups is 1. The van der Waals surface area contributed by atoms with E-state index in [0.717, 1.165) is 31.2 Å². The van der Waals surface area contributed by atoms with Gasteiger partial charge in [0.05, 0.1) is 16.0 Å². The number of aryl methyl sites for hydroxylation is 2. The molecule has 2 aliphatic carbocycles. The van der Waals surface area contributed by atoms with Crippen LogP contribution in [0.3, 0.4) is 0 Å². The van der Waals surface area contributed by atoms with E-state index in [-0.39, 0.29) is 16.5 Å². The molecule has 25 heavy (non-hydrogen) atoms. The lowest BCUT2D eigenvalue weighted by molar-refractivity contribution is -0.385. The fourth-order valence-corrected chi connectivity index (χ4v) is 5.02. The molecule has 4 rings (SSSR count). The maximum atomic E-state index is 12.1. The SMILES string of the molecule is Cn1c(=O)c(=O)n(C)c2cc([N+](=O)[O-])c(C3[C@H]4CCC[C@H]3CC4)cc21. The van der Waals surface area contributed by atoms with Gasteiger partial charge in [-0.3, -0.25) is 19.7 Å². The van der Waals surface area contributed by atoms with Crippen LogP contribution in [0.15, 0.2) is 21.7 Å². The molecule has 2 atom stereocenters. The summed E-state index contributed by atoms with van der Waals surface area (Å²) in [7, 11) is 3.04. The first kappa shape index (κ1) is 16.1. The Morgan fingerprint density at radius 3 is 2.00 bits per heavy atom. The van der Waals surface area contributed by atoms with Gasteiger partial charge in [-0.1, -0.05) is 6.42 Å². The van der Waals surface area contributed by atoms with Crippen molar-refractivity contribution in [2.45, 2.75) is 38.0 Å². The Labute approximate surface area is 144 Å². The molecule has 1 heterocycles. The minimum Gasteiger partial charge on any atom is -0.305 e. The largest absolute Gasteiger partial charge is 0.316 e. The highest BCUT2D eigenvalue weighted by Crippen LogP contribution is 2.54. The summed E-state index contributed by atoms with van der Waals surface area (Å²) in [5.41, 5.74) is 0.530. The highest BCUT2D eigenvalue weighted by atomic mass is 16.6. The van der Waals surface area contributed by atoms with Crippen LogP contribution in [-0.2, 0) is 14.1 Å². The van der Waals surface area contributed by atoms with E-state index in [9.17, 15) is 19.7 Å².